The standard InChI is InChI=1S/C28H29N3O4/c1-31(18-21-12-6-9-15-26(21)34-2)27(32)25(16-22-17-29-24-14-8-7-13-23(22)24)30-28(33)35-19-20-10-4-3-5-11-20/h3-15,17,25,29H,16,18-19H2,1-2H3,(H,30,33)/t25-/m0/s1. The predicted octanol–water partition coefficient (Wildman–Crippen LogP) is 4.67. The van der Waals surface area contributed by atoms with Crippen LogP contribution >= 0.6 is 0 Å². The van der Waals surface area contributed by atoms with Gasteiger partial charge in [-0.25, -0.2) is 4.79 Å². The van der Waals surface area contributed by atoms with Crippen LogP contribution < -0.4 is 10.1 Å². The van der Waals surface area contributed by atoms with Crippen LogP contribution in [0.1, 0.15) is 16.7 Å². The zero-order valence-corrected chi connectivity index (χ0v) is 19.9. The molecule has 4 rings (SSSR count). The molecule has 0 unspecified atom stereocenters. The highest BCUT2D eigenvalue weighted by molar-refractivity contribution is 5.88. The Balaban J connectivity index is 1.51. The molecule has 2 N–H and O–H groups in total. The van der Waals surface area contributed by atoms with E-state index in [2.05, 4.69) is 10.3 Å². The molecular formula is C28H29N3O4. The van der Waals surface area contributed by atoms with Gasteiger partial charge in [-0.2, -0.15) is 0 Å². The number of alkyl carbamates (subject to hydrolysis) is 1. The third-order valence-electron chi connectivity index (χ3n) is 5.88. The first kappa shape index (κ1) is 23.9. The number of methoxy groups -OCH3 is 1. The van der Waals surface area contributed by atoms with E-state index >= 15 is 0 Å². The summed E-state index contributed by atoms with van der Waals surface area (Å²) in [7, 11) is 3.32. The number of rotatable bonds is 9. The number of benzene rings is 3. The summed E-state index contributed by atoms with van der Waals surface area (Å²) in [5.74, 6) is 0.480. The molecule has 1 atom stereocenters. The molecule has 1 heterocycles. The fourth-order valence-electron chi connectivity index (χ4n) is 4.06. The number of likely N-dealkylation sites (N-methyl/N-ethyl adjacent to an activating group) is 1. The molecule has 0 aliphatic heterocycles. The average molecular weight is 472 g/mol. The maximum Gasteiger partial charge on any atom is 0.408 e. The third kappa shape index (κ3) is 6.00. The number of nitrogens with one attached hydrogen (secondary N) is 2. The van der Waals surface area contributed by atoms with Gasteiger partial charge in [-0.3, -0.25) is 4.79 Å². The Morgan fingerprint density at radius 1 is 0.943 bits per heavy atom. The number of amides is 2. The van der Waals surface area contributed by atoms with Gasteiger partial charge in [-0.1, -0.05) is 66.7 Å². The van der Waals surface area contributed by atoms with E-state index < -0.39 is 12.1 Å². The Kier molecular flexibility index (Phi) is 7.67. The van der Waals surface area contributed by atoms with Crippen LogP contribution in [0.25, 0.3) is 10.9 Å². The lowest BCUT2D eigenvalue weighted by Gasteiger charge is -2.25. The lowest BCUT2D eigenvalue weighted by atomic mass is 10.0. The van der Waals surface area contributed by atoms with Gasteiger partial charge in [-0.05, 0) is 23.3 Å². The molecular weight excluding hydrogens is 442 g/mol. The summed E-state index contributed by atoms with van der Waals surface area (Å²) < 4.78 is 10.8. The second kappa shape index (κ2) is 11.2. The molecule has 0 saturated carbocycles. The van der Waals surface area contributed by atoms with Gasteiger partial charge in [0, 0.05) is 42.7 Å². The molecule has 0 aliphatic rings. The first-order valence-electron chi connectivity index (χ1n) is 11.4. The van der Waals surface area contributed by atoms with Crippen LogP contribution in [0.4, 0.5) is 4.79 Å². The Morgan fingerprint density at radius 3 is 2.46 bits per heavy atom. The summed E-state index contributed by atoms with van der Waals surface area (Å²) >= 11 is 0. The molecule has 35 heavy (non-hydrogen) atoms. The van der Waals surface area contributed by atoms with Gasteiger partial charge < -0.3 is 24.7 Å². The summed E-state index contributed by atoms with van der Waals surface area (Å²) in [5, 5.41) is 3.80. The number of fused-ring (bicyclic) bond motifs is 1. The van der Waals surface area contributed by atoms with Crippen LogP contribution in [0.3, 0.4) is 0 Å². The fourth-order valence-corrected chi connectivity index (χ4v) is 4.06. The molecule has 7 heteroatoms. The zero-order valence-electron chi connectivity index (χ0n) is 19.9. The van der Waals surface area contributed by atoms with E-state index in [4.69, 9.17) is 9.47 Å². The smallest absolute Gasteiger partial charge is 0.408 e. The van der Waals surface area contributed by atoms with Crippen molar-refractivity contribution >= 4 is 22.9 Å². The largest absolute Gasteiger partial charge is 0.496 e. The zero-order chi connectivity index (χ0) is 24.6. The van der Waals surface area contributed by atoms with Crippen molar-refractivity contribution in [1.29, 1.82) is 0 Å². The van der Waals surface area contributed by atoms with Crippen molar-refractivity contribution in [3.63, 3.8) is 0 Å². The summed E-state index contributed by atoms with van der Waals surface area (Å²) in [6.45, 7) is 0.464. The first-order valence-corrected chi connectivity index (χ1v) is 11.4. The van der Waals surface area contributed by atoms with Crippen molar-refractivity contribution in [3.8, 4) is 5.75 Å². The highest BCUT2D eigenvalue weighted by atomic mass is 16.5. The minimum Gasteiger partial charge on any atom is -0.496 e. The maximum atomic E-state index is 13.5. The summed E-state index contributed by atoms with van der Waals surface area (Å²) in [6, 6.07) is 24.0. The molecule has 180 valence electrons. The number of ether oxygens (including phenoxy) is 2. The van der Waals surface area contributed by atoms with E-state index in [0.717, 1.165) is 27.6 Å². The molecule has 0 saturated heterocycles. The van der Waals surface area contributed by atoms with Crippen LogP contribution in [0, 0.1) is 0 Å². The van der Waals surface area contributed by atoms with Crippen molar-refractivity contribution in [2.45, 2.75) is 25.6 Å². The normalized spacial score (nSPS) is 11.6. The van der Waals surface area contributed by atoms with Crippen LogP contribution in [-0.4, -0.2) is 42.1 Å². The molecule has 3 aromatic carbocycles. The van der Waals surface area contributed by atoms with Gasteiger partial charge in [0.15, 0.2) is 0 Å². The topological polar surface area (TPSA) is 83.7 Å². The summed E-state index contributed by atoms with van der Waals surface area (Å²) in [4.78, 5) is 31.0. The molecule has 0 aliphatic carbocycles. The fraction of sp³-hybridized carbons (Fsp3) is 0.214. The molecule has 0 radical (unpaired) electrons. The van der Waals surface area contributed by atoms with Crippen molar-refractivity contribution < 1.29 is 19.1 Å². The molecule has 2 amide bonds. The lowest BCUT2D eigenvalue weighted by Crippen LogP contribution is -2.48. The number of hydrogen-bond donors (Lipinski definition) is 2. The Bertz CT molecular complexity index is 1290. The van der Waals surface area contributed by atoms with Crippen molar-refractivity contribution in [2.24, 2.45) is 0 Å². The lowest BCUT2D eigenvalue weighted by molar-refractivity contribution is -0.132. The second-order valence-electron chi connectivity index (χ2n) is 8.33. The Hall–Kier alpha value is -4.26. The number of nitrogens with zero attached hydrogens (tertiary/aromatic N) is 1. The van der Waals surface area contributed by atoms with Gasteiger partial charge >= 0.3 is 6.09 Å². The SMILES string of the molecule is COc1ccccc1CN(C)C(=O)[C@H](Cc1c[nH]c2ccccc12)NC(=O)OCc1ccccc1. The van der Waals surface area contributed by atoms with Crippen molar-refractivity contribution in [1.82, 2.24) is 15.2 Å². The number of aromatic amines is 1. The molecule has 0 bridgehead atoms. The molecule has 7 nitrogen and oxygen atoms in total. The van der Waals surface area contributed by atoms with Crippen LogP contribution in [0.15, 0.2) is 85.1 Å². The third-order valence-corrected chi connectivity index (χ3v) is 5.88. The van der Waals surface area contributed by atoms with Crippen molar-refractivity contribution in [2.75, 3.05) is 14.2 Å². The van der Waals surface area contributed by atoms with E-state index in [1.54, 1.807) is 19.1 Å². The second-order valence-corrected chi connectivity index (χ2v) is 8.33. The van der Waals surface area contributed by atoms with E-state index in [0.29, 0.717) is 18.7 Å². The number of H-pyrrole nitrogens is 1. The monoisotopic (exact) mass is 471 g/mol. The maximum absolute atomic E-state index is 13.5. The number of carbonyl (C=O) groups is 2. The van der Waals surface area contributed by atoms with E-state index in [1.807, 2.05) is 85.1 Å². The van der Waals surface area contributed by atoms with Crippen LogP contribution in [0.5, 0.6) is 5.75 Å². The van der Waals surface area contributed by atoms with E-state index in [9.17, 15) is 9.59 Å². The number of aromatic nitrogens is 1. The predicted molar refractivity (Wildman–Crippen MR) is 135 cm³/mol. The highest BCUT2D eigenvalue weighted by Crippen LogP contribution is 2.22. The van der Waals surface area contributed by atoms with Crippen LogP contribution in [-0.2, 0) is 29.1 Å². The average Bonchev–Trinajstić information content (AvgIpc) is 3.30. The van der Waals surface area contributed by atoms with E-state index in [-0.39, 0.29) is 12.5 Å². The van der Waals surface area contributed by atoms with Crippen LogP contribution in [0.2, 0.25) is 0 Å². The van der Waals surface area contributed by atoms with Gasteiger partial charge in [0.25, 0.3) is 0 Å². The summed E-state index contributed by atoms with van der Waals surface area (Å²) in [6.07, 6.45) is 1.56. The minimum absolute atomic E-state index is 0.123. The number of carbonyl (C=O) groups excluding carboxylic acids is 2. The first-order chi connectivity index (χ1) is 17.0. The molecule has 1 aromatic heterocycles. The van der Waals surface area contributed by atoms with Gasteiger partial charge in [0.1, 0.15) is 18.4 Å². The molecule has 0 fully saturated rings. The van der Waals surface area contributed by atoms with E-state index in [1.165, 1.54) is 0 Å². The Labute approximate surface area is 204 Å². The van der Waals surface area contributed by atoms with Gasteiger partial charge in [0.05, 0.1) is 7.11 Å². The molecule has 4 aromatic rings. The quantitative estimate of drug-likeness (QED) is 0.372. The highest BCUT2D eigenvalue weighted by Gasteiger charge is 2.26. The van der Waals surface area contributed by atoms with Gasteiger partial charge in [0.2, 0.25) is 5.91 Å². The Morgan fingerprint density at radius 2 is 1.66 bits per heavy atom. The number of hydrogen-bond acceptors (Lipinski definition) is 4. The molecule has 0 spiro atoms. The summed E-state index contributed by atoms with van der Waals surface area (Å²) in [5.41, 5.74) is 3.66. The van der Waals surface area contributed by atoms with Gasteiger partial charge in [-0.15, -0.1) is 0 Å². The minimum atomic E-state index is -0.808. The number of para-hydroxylation sites is 2. The van der Waals surface area contributed by atoms with Crippen molar-refractivity contribution in [3.05, 3.63) is 102 Å².